The van der Waals surface area contributed by atoms with Crippen LogP contribution in [-0.4, -0.2) is 30.6 Å². The van der Waals surface area contributed by atoms with Gasteiger partial charge in [0.05, 0.1) is 44.4 Å². The van der Waals surface area contributed by atoms with Crippen molar-refractivity contribution in [1.29, 1.82) is 0 Å². The van der Waals surface area contributed by atoms with Gasteiger partial charge in [0.25, 0.3) is 5.91 Å². The molecule has 0 bridgehead atoms. The van der Waals surface area contributed by atoms with E-state index in [1.807, 2.05) is 35.7 Å². The first-order chi connectivity index (χ1) is 18.0. The van der Waals surface area contributed by atoms with Gasteiger partial charge in [0.1, 0.15) is 11.6 Å². The summed E-state index contributed by atoms with van der Waals surface area (Å²) >= 11 is 1.59. The van der Waals surface area contributed by atoms with Gasteiger partial charge in [-0.25, -0.2) is 14.4 Å². The minimum absolute atomic E-state index is 0.132. The van der Waals surface area contributed by atoms with Crippen molar-refractivity contribution in [2.45, 2.75) is 19.0 Å². The molecule has 0 saturated heterocycles. The van der Waals surface area contributed by atoms with Crippen molar-refractivity contribution in [2.24, 2.45) is 7.05 Å². The van der Waals surface area contributed by atoms with Crippen molar-refractivity contribution in [3.8, 4) is 0 Å². The molecule has 37 heavy (non-hydrogen) atoms. The SMILES string of the molecule is Cn1ncc2c(N)nc3ccc(C(=O)N4Cc5cc(F)ccc5CC4c4ccc5scnc5c4)cc3c21. The van der Waals surface area contributed by atoms with Crippen molar-refractivity contribution < 1.29 is 9.18 Å². The lowest BCUT2D eigenvalue weighted by atomic mass is 9.89. The molecule has 0 saturated carbocycles. The van der Waals surface area contributed by atoms with Gasteiger partial charge in [-0.05, 0) is 65.6 Å². The number of carbonyl (C=O) groups is 1. The highest BCUT2D eigenvalue weighted by atomic mass is 32.1. The van der Waals surface area contributed by atoms with Crippen LogP contribution < -0.4 is 5.73 Å². The number of anilines is 1. The molecular formula is C28H21FN6OS. The molecule has 3 aromatic heterocycles. The third-order valence-electron chi connectivity index (χ3n) is 7.25. The largest absolute Gasteiger partial charge is 0.383 e. The van der Waals surface area contributed by atoms with Crippen LogP contribution in [-0.2, 0) is 20.0 Å². The van der Waals surface area contributed by atoms with Crippen molar-refractivity contribution >= 4 is 55.1 Å². The molecule has 1 aliphatic heterocycles. The first-order valence-electron chi connectivity index (χ1n) is 11.9. The van der Waals surface area contributed by atoms with Crippen LogP contribution >= 0.6 is 11.3 Å². The third-order valence-corrected chi connectivity index (χ3v) is 8.06. The number of thiazole rings is 1. The predicted molar refractivity (Wildman–Crippen MR) is 143 cm³/mol. The normalized spacial score (nSPS) is 15.5. The number of nitrogens with zero attached hydrogens (tertiary/aromatic N) is 5. The van der Waals surface area contributed by atoms with E-state index in [4.69, 9.17) is 5.73 Å². The summed E-state index contributed by atoms with van der Waals surface area (Å²) in [6, 6.07) is 16.2. The van der Waals surface area contributed by atoms with E-state index < -0.39 is 0 Å². The summed E-state index contributed by atoms with van der Waals surface area (Å²) in [5.41, 5.74) is 13.8. The van der Waals surface area contributed by atoms with Gasteiger partial charge in [-0.15, -0.1) is 11.3 Å². The van der Waals surface area contributed by atoms with Gasteiger partial charge in [0, 0.05) is 24.5 Å². The number of amides is 1. The van der Waals surface area contributed by atoms with Crippen LogP contribution in [0, 0.1) is 5.82 Å². The second kappa shape index (κ2) is 8.07. The molecule has 7 nitrogen and oxygen atoms in total. The summed E-state index contributed by atoms with van der Waals surface area (Å²) in [6.07, 6.45) is 2.28. The minimum atomic E-state index is -0.304. The highest BCUT2D eigenvalue weighted by Crippen LogP contribution is 2.37. The molecule has 0 radical (unpaired) electrons. The quantitative estimate of drug-likeness (QED) is 0.339. The first kappa shape index (κ1) is 21.9. The number of rotatable bonds is 2. The zero-order valence-electron chi connectivity index (χ0n) is 19.9. The van der Waals surface area contributed by atoms with Gasteiger partial charge in [-0.3, -0.25) is 9.48 Å². The van der Waals surface area contributed by atoms with E-state index in [9.17, 15) is 9.18 Å². The number of carbonyl (C=O) groups excluding carboxylic acids is 1. The summed E-state index contributed by atoms with van der Waals surface area (Å²) in [4.78, 5) is 24.9. The second-order valence-electron chi connectivity index (χ2n) is 9.40. The Labute approximate surface area is 215 Å². The van der Waals surface area contributed by atoms with Crippen LogP contribution in [0.4, 0.5) is 10.2 Å². The van der Waals surface area contributed by atoms with E-state index in [0.717, 1.165) is 43.2 Å². The maximum absolute atomic E-state index is 14.1. The lowest BCUT2D eigenvalue weighted by Crippen LogP contribution is -2.39. The summed E-state index contributed by atoms with van der Waals surface area (Å²) in [5, 5.41) is 5.89. The lowest BCUT2D eigenvalue weighted by molar-refractivity contribution is 0.0637. The standard InChI is InChI=1S/C28H21FN6OS/c1-34-26-20-9-17(3-6-22(20)33-27(30)21(26)12-32-34)28(36)35-13-18-8-19(29)5-2-15(18)11-24(35)16-4-7-25-23(10-16)31-14-37-25/h2-10,12,14,24H,11,13H2,1H3,(H2,30,33). The molecule has 0 aliphatic carbocycles. The van der Waals surface area contributed by atoms with Crippen molar-refractivity contribution in [1.82, 2.24) is 24.6 Å². The van der Waals surface area contributed by atoms with Crippen LogP contribution in [0.5, 0.6) is 0 Å². The fourth-order valence-corrected chi connectivity index (χ4v) is 6.06. The summed E-state index contributed by atoms with van der Waals surface area (Å²) < 4.78 is 17.0. The van der Waals surface area contributed by atoms with Gasteiger partial charge in [-0.2, -0.15) is 5.10 Å². The number of pyridine rings is 1. The Morgan fingerprint density at radius 3 is 2.84 bits per heavy atom. The maximum atomic E-state index is 14.1. The molecule has 3 aromatic carbocycles. The lowest BCUT2D eigenvalue weighted by Gasteiger charge is -2.37. The van der Waals surface area contributed by atoms with E-state index >= 15 is 0 Å². The fourth-order valence-electron chi connectivity index (χ4n) is 5.40. The van der Waals surface area contributed by atoms with Gasteiger partial charge >= 0.3 is 0 Å². The smallest absolute Gasteiger partial charge is 0.254 e. The Balaban J connectivity index is 1.36. The number of hydrogen-bond donors (Lipinski definition) is 1. The fraction of sp³-hybridized carbons (Fsp3) is 0.143. The Bertz CT molecular complexity index is 1880. The minimum Gasteiger partial charge on any atom is -0.383 e. The molecule has 1 atom stereocenters. The number of fused-ring (bicyclic) bond motifs is 5. The molecule has 9 heteroatoms. The van der Waals surface area contributed by atoms with Crippen LogP contribution in [0.3, 0.4) is 0 Å². The third kappa shape index (κ3) is 3.46. The molecule has 7 rings (SSSR count). The molecule has 4 heterocycles. The number of nitrogen functional groups attached to an aromatic ring is 1. The molecule has 0 spiro atoms. The number of aromatic nitrogens is 4. The molecule has 182 valence electrons. The Hall–Kier alpha value is -4.37. The van der Waals surface area contributed by atoms with Gasteiger partial charge in [0.2, 0.25) is 0 Å². The first-order valence-corrected chi connectivity index (χ1v) is 12.8. The van der Waals surface area contributed by atoms with Gasteiger partial charge < -0.3 is 10.6 Å². The molecule has 2 N–H and O–H groups in total. The predicted octanol–water partition coefficient (Wildman–Crippen LogP) is 5.39. The zero-order valence-corrected chi connectivity index (χ0v) is 20.7. The number of hydrogen-bond acceptors (Lipinski definition) is 6. The van der Waals surface area contributed by atoms with Crippen LogP contribution in [0.2, 0.25) is 0 Å². The Kier molecular flexibility index (Phi) is 4.77. The monoisotopic (exact) mass is 508 g/mol. The maximum Gasteiger partial charge on any atom is 0.254 e. The summed E-state index contributed by atoms with van der Waals surface area (Å²) in [6.45, 7) is 0.310. The van der Waals surface area contributed by atoms with Gasteiger partial charge in [0.15, 0.2) is 0 Å². The van der Waals surface area contributed by atoms with Gasteiger partial charge in [-0.1, -0.05) is 12.1 Å². The van der Waals surface area contributed by atoms with E-state index in [1.54, 1.807) is 28.3 Å². The van der Waals surface area contributed by atoms with Crippen molar-refractivity contribution in [3.63, 3.8) is 0 Å². The highest BCUT2D eigenvalue weighted by molar-refractivity contribution is 7.16. The average Bonchev–Trinajstić information content (AvgIpc) is 3.54. The topological polar surface area (TPSA) is 89.9 Å². The number of nitrogens with two attached hydrogens (primary N) is 1. The number of aryl methyl sites for hydroxylation is 1. The Morgan fingerprint density at radius 1 is 1.05 bits per heavy atom. The zero-order chi connectivity index (χ0) is 25.3. The van der Waals surface area contributed by atoms with Crippen molar-refractivity contribution in [3.05, 3.63) is 94.4 Å². The van der Waals surface area contributed by atoms with E-state index in [-0.39, 0.29) is 17.8 Å². The van der Waals surface area contributed by atoms with Crippen LogP contribution in [0.1, 0.15) is 33.1 Å². The average molecular weight is 509 g/mol. The highest BCUT2D eigenvalue weighted by Gasteiger charge is 2.32. The molecule has 6 aromatic rings. The Morgan fingerprint density at radius 2 is 1.95 bits per heavy atom. The molecule has 1 unspecified atom stereocenters. The second-order valence-corrected chi connectivity index (χ2v) is 10.3. The van der Waals surface area contributed by atoms with Crippen LogP contribution in [0.25, 0.3) is 32.0 Å². The van der Waals surface area contributed by atoms with Crippen molar-refractivity contribution in [2.75, 3.05) is 5.73 Å². The van der Waals surface area contributed by atoms with E-state index in [0.29, 0.717) is 29.9 Å². The summed E-state index contributed by atoms with van der Waals surface area (Å²) in [5.74, 6) is -0.0318. The van der Waals surface area contributed by atoms with E-state index in [2.05, 4.69) is 33.3 Å². The molecule has 1 aliphatic rings. The molecule has 1 amide bonds. The molecule has 0 fully saturated rings. The number of benzene rings is 3. The number of halogens is 1. The summed E-state index contributed by atoms with van der Waals surface area (Å²) in [7, 11) is 1.84. The molecular weight excluding hydrogens is 487 g/mol. The van der Waals surface area contributed by atoms with E-state index in [1.165, 1.54) is 12.1 Å². The van der Waals surface area contributed by atoms with Crippen LogP contribution in [0.15, 0.2) is 66.3 Å².